The molecule has 0 unspecified atom stereocenters. The van der Waals surface area contributed by atoms with Crippen LogP contribution < -0.4 is 10.6 Å². The van der Waals surface area contributed by atoms with Crippen molar-refractivity contribution in [1.29, 1.82) is 0 Å². The molecule has 90 valence electrons. The molecule has 0 spiro atoms. The van der Waals surface area contributed by atoms with E-state index in [9.17, 15) is 9.59 Å². The molecular weight excluding hydrogens is 272 g/mol. The molecule has 0 aliphatic heterocycles. The number of carbonyl (C=O) groups is 2. The fourth-order valence-electron chi connectivity index (χ4n) is 1.20. The number of rotatable bonds is 5. The lowest BCUT2D eigenvalue weighted by atomic mass is 9.98. The average molecular weight is 289 g/mol. The van der Waals surface area contributed by atoms with Gasteiger partial charge in [0.05, 0.1) is 6.54 Å². The minimum Gasteiger partial charge on any atom is -0.344 e. The third-order valence-corrected chi connectivity index (χ3v) is 2.55. The topological polar surface area (TPSA) is 58.2 Å². The Morgan fingerprint density at radius 3 is 2.50 bits per heavy atom. The summed E-state index contributed by atoms with van der Waals surface area (Å²) in [6, 6.07) is -0.486. The van der Waals surface area contributed by atoms with Crippen LogP contribution in [0.2, 0.25) is 0 Å². The number of halogens is 1. The maximum absolute atomic E-state index is 11.7. The predicted molar refractivity (Wildman–Crippen MR) is 66.8 cm³/mol. The molecule has 0 rings (SSSR count). The number of nitrogens with one attached hydrogen (secondary N) is 2. The third-order valence-electron chi connectivity index (χ3n) is 2.27. The van der Waals surface area contributed by atoms with Crippen molar-refractivity contribution in [2.24, 2.45) is 5.92 Å². The van der Waals surface area contributed by atoms with Crippen molar-refractivity contribution in [2.75, 3.05) is 6.54 Å². The minimum absolute atomic E-state index is 0.0980. The molecule has 0 aromatic rings. The van der Waals surface area contributed by atoms with Crippen LogP contribution in [0.1, 0.15) is 27.2 Å². The van der Waals surface area contributed by atoms with Crippen molar-refractivity contribution in [2.45, 2.75) is 33.2 Å². The molecule has 0 heterocycles. The van der Waals surface area contributed by atoms with Crippen LogP contribution in [-0.4, -0.2) is 24.4 Å². The van der Waals surface area contributed by atoms with Crippen molar-refractivity contribution in [3.8, 4) is 10.8 Å². The van der Waals surface area contributed by atoms with E-state index in [-0.39, 0.29) is 24.3 Å². The van der Waals surface area contributed by atoms with Gasteiger partial charge in [0.1, 0.15) is 6.04 Å². The summed E-state index contributed by atoms with van der Waals surface area (Å²) in [5, 5.41) is 5.29. The Morgan fingerprint density at radius 2 is 2.06 bits per heavy atom. The molecule has 0 aromatic heterocycles. The highest BCUT2D eigenvalue weighted by Crippen LogP contribution is 2.07. The van der Waals surface area contributed by atoms with Gasteiger partial charge in [-0.2, -0.15) is 0 Å². The second-order valence-electron chi connectivity index (χ2n) is 3.55. The highest BCUT2D eigenvalue weighted by Gasteiger charge is 2.23. The molecule has 0 bridgehead atoms. The maximum Gasteiger partial charge on any atom is 0.243 e. The van der Waals surface area contributed by atoms with Gasteiger partial charge in [0, 0.05) is 22.9 Å². The third kappa shape index (κ3) is 5.76. The molecule has 2 N–H and O–H groups in total. The van der Waals surface area contributed by atoms with Gasteiger partial charge >= 0.3 is 0 Å². The van der Waals surface area contributed by atoms with E-state index in [1.807, 2.05) is 13.8 Å². The molecule has 0 saturated carbocycles. The summed E-state index contributed by atoms with van der Waals surface area (Å²) in [7, 11) is 0. The fraction of sp³-hybridized carbons (Fsp3) is 0.636. The zero-order valence-electron chi connectivity index (χ0n) is 9.76. The van der Waals surface area contributed by atoms with Crippen LogP contribution in [0.4, 0.5) is 0 Å². The number of carbonyl (C=O) groups excluding carboxylic acids is 2. The summed E-state index contributed by atoms with van der Waals surface area (Å²) in [4.78, 5) is 25.2. The van der Waals surface area contributed by atoms with E-state index in [4.69, 9.17) is 0 Å². The molecule has 0 aromatic carbocycles. The second kappa shape index (κ2) is 8.17. The Morgan fingerprint density at radius 1 is 1.44 bits per heavy atom. The van der Waals surface area contributed by atoms with Gasteiger partial charge in [0.2, 0.25) is 11.8 Å². The molecule has 5 heteroatoms. The van der Waals surface area contributed by atoms with Crippen LogP contribution in [0.5, 0.6) is 0 Å². The Kier molecular flexibility index (Phi) is 7.65. The molecule has 0 radical (unpaired) electrons. The normalized spacial score (nSPS) is 13.0. The first kappa shape index (κ1) is 15.0. The van der Waals surface area contributed by atoms with E-state index in [0.717, 1.165) is 6.42 Å². The van der Waals surface area contributed by atoms with Crippen LogP contribution in [0.3, 0.4) is 0 Å². The monoisotopic (exact) mass is 288 g/mol. The van der Waals surface area contributed by atoms with Gasteiger partial charge in [-0.25, -0.2) is 0 Å². The van der Waals surface area contributed by atoms with Gasteiger partial charge in [-0.3, -0.25) is 9.59 Å². The van der Waals surface area contributed by atoms with Crippen molar-refractivity contribution in [3.05, 3.63) is 0 Å². The number of amides is 2. The van der Waals surface area contributed by atoms with E-state index in [0.29, 0.717) is 0 Å². The van der Waals surface area contributed by atoms with Gasteiger partial charge in [-0.15, -0.1) is 0 Å². The molecule has 0 aliphatic carbocycles. The Balaban J connectivity index is 4.41. The summed E-state index contributed by atoms with van der Waals surface area (Å²) in [5.74, 6) is 2.37. The largest absolute Gasteiger partial charge is 0.344 e. The summed E-state index contributed by atoms with van der Waals surface area (Å²) in [6.07, 6.45) is 0.822. The maximum atomic E-state index is 11.7. The lowest BCUT2D eigenvalue weighted by Crippen LogP contribution is -2.49. The Hall–Kier alpha value is -1.02. The van der Waals surface area contributed by atoms with Gasteiger partial charge in [-0.1, -0.05) is 26.2 Å². The van der Waals surface area contributed by atoms with E-state index >= 15 is 0 Å². The van der Waals surface area contributed by atoms with Crippen molar-refractivity contribution in [1.82, 2.24) is 10.6 Å². The van der Waals surface area contributed by atoms with Crippen LogP contribution in [0, 0.1) is 16.7 Å². The van der Waals surface area contributed by atoms with Crippen LogP contribution in [0.25, 0.3) is 0 Å². The van der Waals surface area contributed by atoms with Gasteiger partial charge in [0.15, 0.2) is 0 Å². The predicted octanol–water partition coefficient (Wildman–Crippen LogP) is 1.01. The molecule has 16 heavy (non-hydrogen) atoms. The van der Waals surface area contributed by atoms with Crippen molar-refractivity contribution < 1.29 is 9.59 Å². The first-order valence-electron chi connectivity index (χ1n) is 5.16. The molecule has 2 atom stereocenters. The van der Waals surface area contributed by atoms with Gasteiger partial charge in [0.25, 0.3) is 0 Å². The zero-order valence-corrected chi connectivity index (χ0v) is 11.3. The van der Waals surface area contributed by atoms with Crippen LogP contribution in [0.15, 0.2) is 0 Å². The van der Waals surface area contributed by atoms with Gasteiger partial charge in [-0.05, 0) is 10.7 Å². The highest BCUT2D eigenvalue weighted by molar-refractivity contribution is 9.12. The van der Waals surface area contributed by atoms with E-state index in [2.05, 4.69) is 37.3 Å². The minimum atomic E-state index is -0.486. The first-order valence-corrected chi connectivity index (χ1v) is 5.95. The summed E-state index contributed by atoms with van der Waals surface area (Å²) >= 11 is 2.94. The van der Waals surface area contributed by atoms with Gasteiger partial charge < -0.3 is 10.6 Å². The SMILES string of the molecule is CC[C@H](C)[C@H](NC(C)=O)C(=O)NCC#CBr. The molecule has 0 saturated heterocycles. The number of hydrogen-bond acceptors (Lipinski definition) is 2. The molecular formula is C11H17BrN2O2. The van der Waals surface area contributed by atoms with E-state index in [1.165, 1.54) is 6.92 Å². The van der Waals surface area contributed by atoms with Crippen molar-refractivity contribution >= 4 is 27.7 Å². The summed E-state index contributed by atoms with van der Waals surface area (Å²) < 4.78 is 0. The van der Waals surface area contributed by atoms with Crippen molar-refractivity contribution in [3.63, 3.8) is 0 Å². The smallest absolute Gasteiger partial charge is 0.243 e. The lowest BCUT2D eigenvalue weighted by molar-refractivity contribution is -0.129. The Labute approximate surface area is 105 Å². The lowest BCUT2D eigenvalue weighted by Gasteiger charge is -2.22. The molecule has 4 nitrogen and oxygen atoms in total. The number of hydrogen-bond donors (Lipinski definition) is 2. The van der Waals surface area contributed by atoms with Crippen LogP contribution in [-0.2, 0) is 9.59 Å². The Bertz CT molecular complexity index is 307. The first-order chi connectivity index (χ1) is 7.52. The summed E-state index contributed by atoms with van der Waals surface area (Å²) in [6.45, 7) is 5.58. The summed E-state index contributed by atoms with van der Waals surface area (Å²) in [5.41, 5.74) is 0. The molecule has 0 fully saturated rings. The molecule has 2 amide bonds. The standard InChI is InChI=1S/C11H17BrN2O2/c1-4-8(2)10(14-9(3)15)11(16)13-7-5-6-12/h8,10H,4,7H2,1-3H3,(H,13,16)(H,14,15)/t8-,10-/m0/s1. The average Bonchev–Trinajstić information content (AvgIpc) is 2.24. The quantitative estimate of drug-likeness (QED) is 0.742. The highest BCUT2D eigenvalue weighted by atomic mass is 79.9. The molecule has 0 aliphatic rings. The van der Waals surface area contributed by atoms with Crippen LogP contribution >= 0.6 is 15.9 Å². The zero-order chi connectivity index (χ0) is 12.6. The fourth-order valence-corrected chi connectivity index (χ4v) is 1.34. The van der Waals surface area contributed by atoms with E-state index < -0.39 is 6.04 Å². The second-order valence-corrected chi connectivity index (χ2v) is 3.95. The van der Waals surface area contributed by atoms with E-state index in [1.54, 1.807) is 0 Å².